The Balaban J connectivity index is 1.46. The number of nitrogens with one attached hydrogen (secondary N) is 1. The fourth-order valence-electron chi connectivity index (χ4n) is 2.49. The van der Waals surface area contributed by atoms with Crippen LogP contribution in [0.15, 0.2) is 70.4 Å². The molecule has 0 saturated carbocycles. The van der Waals surface area contributed by atoms with E-state index in [1.807, 2.05) is 32.0 Å². The second-order valence-corrected chi connectivity index (χ2v) is 6.29. The quantitative estimate of drug-likeness (QED) is 0.287. The van der Waals surface area contributed by atoms with E-state index < -0.39 is 5.97 Å². The van der Waals surface area contributed by atoms with Gasteiger partial charge in [-0.05, 0) is 67.4 Å². The number of hydrogen-bond donors (Lipinski definition) is 1. The maximum atomic E-state index is 11.9. The first-order chi connectivity index (χ1) is 14.0. The first-order valence-corrected chi connectivity index (χ1v) is 8.89. The average molecular weight is 392 g/mol. The average Bonchev–Trinajstić information content (AvgIpc) is 3.24. The van der Waals surface area contributed by atoms with Crippen molar-refractivity contribution in [3.63, 3.8) is 0 Å². The second kappa shape index (κ2) is 9.36. The Morgan fingerprint density at radius 1 is 1.10 bits per heavy atom. The summed E-state index contributed by atoms with van der Waals surface area (Å²) in [6.45, 7) is 3.78. The fourth-order valence-corrected chi connectivity index (χ4v) is 2.49. The molecule has 148 valence electrons. The number of esters is 1. The summed E-state index contributed by atoms with van der Waals surface area (Å²) in [4.78, 5) is 23.7. The third-order valence-corrected chi connectivity index (χ3v) is 3.91. The maximum Gasteiger partial charge on any atom is 0.379 e. The van der Waals surface area contributed by atoms with Gasteiger partial charge in [-0.25, -0.2) is 10.2 Å². The summed E-state index contributed by atoms with van der Waals surface area (Å²) in [7, 11) is 0. The largest absolute Gasteiger partial charge is 0.483 e. The molecule has 7 nitrogen and oxygen atoms in total. The standard InChI is InChI=1S/C22H20N2O5/c1-15-5-10-19(16(2)12-15)28-14-21(25)24-23-13-17-6-8-18(9-7-17)29-22(26)20-4-3-11-27-20/h3-13H,14H2,1-2H3,(H,24,25). The summed E-state index contributed by atoms with van der Waals surface area (Å²) >= 11 is 0. The number of rotatable bonds is 7. The van der Waals surface area contributed by atoms with E-state index in [1.54, 1.807) is 30.3 Å². The molecule has 0 unspecified atom stereocenters. The molecule has 29 heavy (non-hydrogen) atoms. The summed E-state index contributed by atoms with van der Waals surface area (Å²) in [5.74, 6) is 0.211. The Bertz CT molecular complexity index is 1010. The summed E-state index contributed by atoms with van der Waals surface area (Å²) < 4.78 is 15.7. The summed E-state index contributed by atoms with van der Waals surface area (Å²) in [6.07, 6.45) is 2.88. The molecule has 0 atom stereocenters. The SMILES string of the molecule is Cc1ccc(OCC(=O)NN=Cc2ccc(OC(=O)c3ccco3)cc2)c(C)c1. The number of ether oxygens (including phenoxy) is 2. The first-order valence-electron chi connectivity index (χ1n) is 8.89. The van der Waals surface area contributed by atoms with Gasteiger partial charge in [0.2, 0.25) is 5.76 Å². The molecular weight excluding hydrogens is 372 g/mol. The third-order valence-electron chi connectivity index (χ3n) is 3.91. The Morgan fingerprint density at radius 3 is 2.59 bits per heavy atom. The van der Waals surface area contributed by atoms with Gasteiger partial charge >= 0.3 is 5.97 Å². The molecule has 1 heterocycles. The molecule has 1 N–H and O–H groups in total. The monoisotopic (exact) mass is 392 g/mol. The van der Waals surface area contributed by atoms with Crippen LogP contribution in [0.25, 0.3) is 0 Å². The lowest BCUT2D eigenvalue weighted by Gasteiger charge is -2.08. The van der Waals surface area contributed by atoms with Crippen LogP contribution in [0, 0.1) is 13.8 Å². The van der Waals surface area contributed by atoms with Gasteiger partial charge in [-0.15, -0.1) is 0 Å². The smallest absolute Gasteiger partial charge is 0.379 e. The fraction of sp³-hybridized carbons (Fsp3) is 0.136. The molecule has 0 bridgehead atoms. The molecule has 0 aliphatic heterocycles. The van der Waals surface area contributed by atoms with Gasteiger partial charge in [0.05, 0.1) is 12.5 Å². The Labute approximate surface area is 167 Å². The number of amides is 1. The predicted molar refractivity (Wildman–Crippen MR) is 107 cm³/mol. The van der Waals surface area contributed by atoms with Crippen LogP contribution >= 0.6 is 0 Å². The van der Waals surface area contributed by atoms with Gasteiger partial charge in [0.15, 0.2) is 6.61 Å². The van der Waals surface area contributed by atoms with Crippen molar-refractivity contribution in [3.05, 3.63) is 83.3 Å². The second-order valence-electron chi connectivity index (χ2n) is 6.29. The molecule has 3 aromatic rings. The highest BCUT2D eigenvalue weighted by molar-refractivity contribution is 5.88. The normalized spacial score (nSPS) is 10.7. The summed E-state index contributed by atoms with van der Waals surface area (Å²) in [5, 5.41) is 3.89. The number of aryl methyl sites for hydroxylation is 2. The van der Waals surface area contributed by atoms with Crippen LogP contribution in [0.5, 0.6) is 11.5 Å². The van der Waals surface area contributed by atoms with E-state index in [0.29, 0.717) is 11.5 Å². The predicted octanol–water partition coefficient (Wildman–Crippen LogP) is 3.64. The number of furan rings is 1. The highest BCUT2D eigenvalue weighted by atomic mass is 16.5. The first kappa shape index (κ1) is 19.9. The molecule has 1 aromatic heterocycles. The zero-order valence-corrected chi connectivity index (χ0v) is 16.0. The number of benzene rings is 2. The Morgan fingerprint density at radius 2 is 1.90 bits per heavy atom. The highest BCUT2D eigenvalue weighted by Gasteiger charge is 2.11. The molecule has 0 fully saturated rings. The molecule has 7 heteroatoms. The number of nitrogens with zero attached hydrogens (tertiary/aromatic N) is 1. The minimum Gasteiger partial charge on any atom is -0.483 e. The minimum atomic E-state index is -0.576. The van der Waals surface area contributed by atoms with E-state index >= 15 is 0 Å². The van der Waals surface area contributed by atoms with Crippen LogP contribution in [0.1, 0.15) is 27.2 Å². The number of hydrogen-bond acceptors (Lipinski definition) is 6. The molecule has 0 saturated heterocycles. The van der Waals surface area contributed by atoms with Crippen molar-refractivity contribution >= 4 is 18.1 Å². The molecule has 0 aliphatic rings. The van der Waals surface area contributed by atoms with Crippen molar-refractivity contribution in [1.29, 1.82) is 0 Å². The van der Waals surface area contributed by atoms with Crippen LogP contribution in [-0.2, 0) is 4.79 Å². The van der Waals surface area contributed by atoms with Gasteiger partial charge in [0, 0.05) is 0 Å². The van der Waals surface area contributed by atoms with Crippen LogP contribution in [0.4, 0.5) is 0 Å². The lowest BCUT2D eigenvalue weighted by Crippen LogP contribution is -2.24. The summed E-state index contributed by atoms with van der Waals surface area (Å²) in [5.41, 5.74) is 5.22. The molecule has 1 amide bonds. The summed E-state index contributed by atoms with van der Waals surface area (Å²) in [6, 6.07) is 15.5. The van der Waals surface area contributed by atoms with Crippen LogP contribution in [-0.4, -0.2) is 24.7 Å². The lowest BCUT2D eigenvalue weighted by molar-refractivity contribution is -0.123. The van der Waals surface area contributed by atoms with Crippen LogP contribution in [0.3, 0.4) is 0 Å². The third kappa shape index (κ3) is 5.80. The van der Waals surface area contributed by atoms with Gasteiger partial charge in [-0.3, -0.25) is 4.79 Å². The lowest BCUT2D eigenvalue weighted by atomic mass is 10.1. The zero-order valence-electron chi connectivity index (χ0n) is 16.0. The van der Waals surface area contributed by atoms with Crippen molar-refractivity contribution in [2.75, 3.05) is 6.61 Å². The highest BCUT2D eigenvalue weighted by Crippen LogP contribution is 2.18. The number of carbonyl (C=O) groups is 2. The molecular formula is C22H20N2O5. The minimum absolute atomic E-state index is 0.126. The molecule has 0 aliphatic carbocycles. The molecule has 3 rings (SSSR count). The van der Waals surface area contributed by atoms with Crippen LogP contribution < -0.4 is 14.9 Å². The zero-order chi connectivity index (χ0) is 20.6. The van der Waals surface area contributed by atoms with Crippen molar-refractivity contribution in [2.45, 2.75) is 13.8 Å². The number of hydrazone groups is 1. The van der Waals surface area contributed by atoms with E-state index in [2.05, 4.69) is 10.5 Å². The van der Waals surface area contributed by atoms with E-state index in [1.165, 1.54) is 18.5 Å². The van der Waals surface area contributed by atoms with Crippen molar-refractivity contribution in [3.8, 4) is 11.5 Å². The number of carbonyl (C=O) groups excluding carboxylic acids is 2. The Hall–Kier alpha value is -3.87. The molecule has 2 aromatic carbocycles. The van der Waals surface area contributed by atoms with E-state index in [4.69, 9.17) is 13.9 Å². The molecule has 0 spiro atoms. The Kier molecular flexibility index (Phi) is 6.42. The van der Waals surface area contributed by atoms with Gasteiger partial charge in [-0.1, -0.05) is 17.7 Å². The van der Waals surface area contributed by atoms with Gasteiger partial charge < -0.3 is 13.9 Å². The van der Waals surface area contributed by atoms with Crippen molar-refractivity contribution < 1.29 is 23.5 Å². The van der Waals surface area contributed by atoms with Crippen molar-refractivity contribution in [2.24, 2.45) is 5.10 Å². The van der Waals surface area contributed by atoms with E-state index in [0.717, 1.165) is 16.7 Å². The molecule has 0 radical (unpaired) electrons. The van der Waals surface area contributed by atoms with E-state index in [-0.39, 0.29) is 18.3 Å². The topological polar surface area (TPSA) is 90.1 Å². The van der Waals surface area contributed by atoms with E-state index in [9.17, 15) is 9.59 Å². The maximum absolute atomic E-state index is 11.9. The van der Waals surface area contributed by atoms with Crippen molar-refractivity contribution in [1.82, 2.24) is 5.43 Å². The van der Waals surface area contributed by atoms with Crippen LogP contribution in [0.2, 0.25) is 0 Å². The van der Waals surface area contributed by atoms with Gasteiger partial charge in [0.1, 0.15) is 11.5 Å². The van der Waals surface area contributed by atoms with Gasteiger partial charge in [0.25, 0.3) is 5.91 Å². The van der Waals surface area contributed by atoms with Gasteiger partial charge in [-0.2, -0.15) is 5.10 Å².